The van der Waals surface area contributed by atoms with E-state index >= 15 is 0 Å². The Labute approximate surface area is 120 Å². The highest BCUT2D eigenvalue weighted by molar-refractivity contribution is 6.11. The van der Waals surface area contributed by atoms with Gasteiger partial charge in [0.15, 0.2) is 6.29 Å². The van der Waals surface area contributed by atoms with Gasteiger partial charge in [0.25, 0.3) is 5.91 Å². The largest absolute Gasteiger partial charge is 0.388 e. The molecule has 108 valence electrons. The van der Waals surface area contributed by atoms with E-state index in [1.807, 2.05) is 6.92 Å². The lowest BCUT2D eigenvalue weighted by molar-refractivity contribution is -0.118. The molecule has 0 aromatic heterocycles. The van der Waals surface area contributed by atoms with Crippen molar-refractivity contribution in [1.29, 1.82) is 0 Å². The molecular weight excluding hydrogens is 252 g/mol. The first-order valence-corrected chi connectivity index (χ1v) is 7.24. The van der Waals surface area contributed by atoms with Gasteiger partial charge in [0.1, 0.15) is 0 Å². The van der Waals surface area contributed by atoms with Gasteiger partial charge in [-0.3, -0.25) is 9.59 Å². The molecule has 4 nitrogen and oxygen atoms in total. The number of carbonyl (C=O) groups is 2. The van der Waals surface area contributed by atoms with Crippen LogP contribution in [0, 0.1) is 5.92 Å². The van der Waals surface area contributed by atoms with Gasteiger partial charge in [0.05, 0.1) is 5.57 Å². The molecule has 1 aliphatic carbocycles. The predicted molar refractivity (Wildman–Crippen MR) is 78.7 cm³/mol. The summed E-state index contributed by atoms with van der Waals surface area (Å²) in [6.07, 6.45) is 8.70. The number of hydrogen-bond acceptors (Lipinski definition) is 3. The van der Waals surface area contributed by atoms with Crippen molar-refractivity contribution in [1.82, 2.24) is 10.6 Å². The fourth-order valence-corrected chi connectivity index (χ4v) is 2.53. The molecule has 0 saturated carbocycles. The van der Waals surface area contributed by atoms with Gasteiger partial charge in [0.2, 0.25) is 0 Å². The monoisotopic (exact) mass is 274 g/mol. The average molecular weight is 274 g/mol. The molecule has 2 aliphatic rings. The third-order valence-electron chi connectivity index (χ3n) is 3.80. The highest BCUT2D eigenvalue weighted by Gasteiger charge is 2.19. The van der Waals surface area contributed by atoms with Crippen LogP contribution in [0.4, 0.5) is 0 Å². The Kier molecular flexibility index (Phi) is 4.77. The molecule has 1 unspecified atom stereocenters. The van der Waals surface area contributed by atoms with E-state index in [1.165, 1.54) is 0 Å². The van der Waals surface area contributed by atoms with Gasteiger partial charge in [0, 0.05) is 17.9 Å². The van der Waals surface area contributed by atoms with Crippen LogP contribution in [0.1, 0.15) is 39.5 Å². The van der Waals surface area contributed by atoms with E-state index in [0.29, 0.717) is 12.2 Å². The Morgan fingerprint density at radius 1 is 1.45 bits per heavy atom. The molecule has 0 aromatic rings. The molecule has 0 bridgehead atoms. The highest BCUT2D eigenvalue weighted by atomic mass is 16.2. The lowest BCUT2D eigenvalue weighted by Gasteiger charge is -2.21. The SMILES string of the molecule is CC1=CCC(C)C=C1NC(=O)/C(C=O)=C1/CCCCN1. The van der Waals surface area contributed by atoms with Crippen molar-refractivity contribution in [2.24, 2.45) is 5.92 Å². The molecule has 1 aliphatic heterocycles. The number of rotatable bonds is 3. The topological polar surface area (TPSA) is 58.2 Å². The van der Waals surface area contributed by atoms with Crippen LogP contribution in [-0.4, -0.2) is 18.7 Å². The number of hydrogen-bond donors (Lipinski definition) is 2. The van der Waals surface area contributed by atoms with Crippen molar-refractivity contribution >= 4 is 12.2 Å². The summed E-state index contributed by atoms with van der Waals surface area (Å²) in [7, 11) is 0. The average Bonchev–Trinajstić information content (AvgIpc) is 2.45. The van der Waals surface area contributed by atoms with Crippen LogP contribution in [-0.2, 0) is 9.59 Å². The van der Waals surface area contributed by atoms with Gasteiger partial charge in [-0.1, -0.05) is 19.1 Å². The second-order valence-electron chi connectivity index (χ2n) is 5.53. The number of nitrogens with one attached hydrogen (secondary N) is 2. The summed E-state index contributed by atoms with van der Waals surface area (Å²) < 4.78 is 0. The molecule has 2 rings (SSSR count). The summed E-state index contributed by atoms with van der Waals surface area (Å²) in [5.41, 5.74) is 2.89. The number of piperidine rings is 1. The van der Waals surface area contributed by atoms with Gasteiger partial charge < -0.3 is 10.6 Å². The first kappa shape index (κ1) is 14.6. The summed E-state index contributed by atoms with van der Waals surface area (Å²) in [5, 5.41) is 6.03. The van der Waals surface area contributed by atoms with E-state index in [2.05, 4.69) is 29.7 Å². The van der Waals surface area contributed by atoms with Gasteiger partial charge in [-0.25, -0.2) is 0 Å². The summed E-state index contributed by atoms with van der Waals surface area (Å²) in [6.45, 7) is 4.92. The van der Waals surface area contributed by atoms with Crippen LogP contribution in [0.3, 0.4) is 0 Å². The lowest BCUT2D eigenvalue weighted by atomic mass is 9.96. The van der Waals surface area contributed by atoms with E-state index in [1.54, 1.807) is 0 Å². The Bertz CT molecular complexity index is 493. The van der Waals surface area contributed by atoms with E-state index in [4.69, 9.17) is 0 Å². The summed E-state index contributed by atoms with van der Waals surface area (Å²) >= 11 is 0. The van der Waals surface area contributed by atoms with E-state index < -0.39 is 0 Å². The number of amides is 1. The summed E-state index contributed by atoms with van der Waals surface area (Å²) in [6, 6.07) is 0. The van der Waals surface area contributed by atoms with Crippen molar-refractivity contribution in [2.45, 2.75) is 39.5 Å². The molecule has 2 N–H and O–H groups in total. The molecule has 0 spiro atoms. The van der Waals surface area contributed by atoms with E-state index in [-0.39, 0.29) is 11.5 Å². The van der Waals surface area contributed by atoms with Gasteiger partial charge in [-0.15, -0.1) is 0 Å². The minimum absolute atomic E-state index is 0.233. The van der Waals surface area contributed by atoms with Crippen LogP contribution >= 0.6 is 0 Å². The highest BCUT2D eigenvalue weighted by Crippen LogP contribution is 2.21. The zero-order chi connectivity index (χ0) is 14.5. The van der Waals surface area contributed by atoms with Crippen molar-refractivity contribution in [2.75, 3.05) is 6.54 Å². The Hall–Kier alpha value is -1.84. The predicted octanol–water partition coefficient (Wildman–Crippen LogP) is 2.20. The quantitative estimate of drug-likeness (QED) is 0.359. The maximum Gasteiger partial charge on any atom is 0.260 e. The minimum Gasteiger partial charge on any atom is -0.388 e. The van der Waals surface area contributed by atoms with E-state index in [0.717, 1.165) is 49.2 Å². The van der Waals surface area contributed by atoms with Gasteiger partial charge in [-0.05, 0) is 44.1 Å². The fourth-order valence-electron chi connectivity index (χ4n) is 2.53. The molecule has 1 heterocycles. The van der Waals surface area contributed by atoms with Crippen molar-refractivity contribution in [3.05, 3.63) is 34.7 Å². The standard InChI is InChI=1S/C16H22N2O2/c1-11-6-7-12(2)15(9-11)18-16(20)13(10-19)14-5-3-4-8-17-14/h7,9-11,17H,3-6,8H2,1-2H3,(H,18,20)/b14-13-. The molecular formula is C16H22N2O2. The molecule has 0 aromatic carbocycles. The van der Waals surface area contributed by atoms with Crippen LogP contribution in [0.25, 0.3) is 0 Å². The molecule has 1 saturated heterocycles. The lowest BCUT2D eigenvalue weighted by Crippen LogP contribution is -2.31. The first-order valence-electron chi connectivity index (χ1n) is 7.24. The Morgan fingerprint density at radius 3 is 2.90 bits per heavy atom. The minimum atomic E-state index is -0.308. The van der Waals surface area contributed by atoms with Crippen LogP contribution < -0.4 is 10.6 Å². The van der Waals surface area contributed by atoms with Crippen LogP contribution in [0.2, 0.25) is 0 Å². The molecule has 1 amide bonds. The molecule has 4 heteroatoms. The maximum absolute atomic E-state index is 12.3. The maximum atomic E-state index is 12.3. The van der Waals surface area contributed by atoms with Crippen LogP contribution in [0.15, 0.2) is 34.7 Å². The number of carbonyl (C=O) groups excluding carboxylic acids is 2. The zero-order valence-corrected chi connectivity index (χ0v) is 12.2. The Balaban J connectivity index is 2.14. The normalized spacial score (nSPS) is 25.0. The fraction of sp³-hybridized carbons (Fsp3) is 0.500. The van der Waals surface area contributed by atoms with E-state index in [9.17, 15) is 9.59 Å². The van der Waals surface area contributed by atoms with Crippen LogP contribution in [0.5, 0.6) is 0 Å². The smallest absolute Gasteiger partial charge is 0.260 e. The molecule has 0 radical (unpaired) electrons. The third kappa shape index (κ3) is 3.38. The molecule has 1 atom stereocenters. The molecule has 1 fully saturated rings. The second kappa shape index (κ2) is 6.55. The van der Waals surface area contributed by atoms with Crippen molar-refractivity contribution in [3.8, 4) is 0 Å². The summed E-state index contributed by atoms with van der Waals surface area (Å²) in [4.78, 5) is 23.5. The second-order valence-corrected chi connectivity index (χ2v) is 5.53. The van der Waals surface area contributed by atoms with Crippen molar-refractivity contribution < 1.29 is 9.59 Å². The molecule has 20 heavy (non-hydrogen) atoms. The zero-order valence-electron chi connectivity index (χ0n) is 12.2. The van der Waals surface area contributed by atoms with Gasteiger partial charge in [-0.2, -0.15) is 0 Å². The summed E-state index contributed by atoms with van der Waals surface area (Å²) in [5.74, 6) is 0.103. The van der Waals surface area contributed by atoms with Gasteiger partial charge >= 0.3 is 0 Å². The number of aldehydes is 1. The van der Waals surface area contributed by atoms with Crippen molar-refractivity contribution in [3.63, 3.8) is 0 Å². The first-order chi connectivity index (χ1) is 9.61. The Morgan fingerprint density at radius 2 is 2.25 bits per heavy atom. The third-order valence-corrected chi connectivity index (χ3v) is 3.80. The number of allylic oxidation sites excluding steroid dienone is 4.